The van der Waals surface area contributed by atoms with Crippen molar-refractivity contribution >= 4 is 11.6 Å². The Morgan fingerprint density at radius 3 is 2.17 bits per heavy atom. The molecule has 1 aliphatic rings. The Labute approximate surface area is 139 Å². The molecule has 0 aliphatic carbocycles. The van der Waals surface area contributed by atoms with Gasteiger partial charge in [-0.2, -0.15) is 0 Å². The number of piperazine rings is 1. The molecule has 126 valence electrons. The van der Waals surface area contributed by atoms with E-state index in [2.05, 4.69) is 4.90 Å². The van der Waals surface area contributed by atoms with E-state index in [0.717, 1.165) is 10.3 Å². The highest BCUT2D eigenvalue weighted by molar-refractivity contribution is 5.92. The lowest BCUT2D eigenvalue weighted by atomic mass is 10.2. The first kappa shape index (κ1) is 16.0. The summed E-state index contributed by atoms with van der Waals surface area (Å²) in [5.74, 6) is -0.278. The molecule has 0 radical (unpaired) electrons. The number of hydrogen-bond acceptors (Lipinski definition) is 4. The summed E-state index contributed by atoms with van der Waals surface area (Å²) in [4.78, 5) is 40.4. The van der Waals surface area contributed by atoms with Gasteiger partial charge in [-0.25, -0.2) is 4.79 Å². The van der Waals surface area contributed by atoms with Crippen molar-refractivity contribution in [3.63, 3.8) is 0 Å². The largest absolute Gasteiger partial charge is 0.368 e. The minimum atomic E-state index is -0.492. The SMILES string of the molecule is Cn1c(C(=O)N2CCN(c3ccccc3)CC2)cc(=O)n(C)c1=O. The summed E-state index contributed by atoms with van der Waals surface area (Å²) in [6.07, 6.45) is 0. The molecule has 1 aliphatic heterocycles. The van der Waals surface area contributed by atoms with Gasteiger partial charge in [-0.15, -0.1) is 0 Å². The first-order valence-electron chi connectivity index (χ1n) is 7.85. The Bertz CT molecular complexity index is 862. The van der Waals surface area contributed by atoms with Crippen LogP contribution in [0.2, 0.25) is 0 Å². The normalized spacial score (nSPS) is 14.8. The van der Waals surface area contributed by atoms with Gasteiger partial charge in [-0.1, -0.05) is 18.2 Å². The molecule has 0 unspecified atom stereocenters. The van der Waals surface area contributed by atoms with E-state index >= 15 is 0 Å². The number of para-hydroxylation sites is 1. The lowest BCUT2D eigenvalue weighted by Crippen LogP contribution is -2.50. The molecule has 0 N–H and O–H groups in total. The Hall–Kier alpha value is -2.83. The highest BCUT2D eigenvalue weighted by Gasteiger charge is 2.24. The van der Waals surface area contributed by atoms with Gasteiger partial charge in [0.25, 0.3) is 11.5 Å². The molecule has 3 rings (SSSR count). The van der Waals surface area contributed by atoms with Crippen molar-refractivity contribution in [2.24, 2.45) is 14.1 Å². The zero-order chi connectivity index (χ0) is 17.3. The summed E-state index contributed by atoms with van der Waals surface area (Å²) in [6.45, 7) is 2.54. The third-order valence-corrected chi connectivity index (χ3v) is 4.43. The van der Waals surface area contributed by atoms with Gasteiger partial charge in [0, 0.05) is 52.0 Å². The van der Waals surface area contributed by atoms with Gasteiger partial charge in [0.2, 0.25) is 0 Å². The van der Waals surface area contributed by atoms with E-state index in [4.69, 9.17) is 0 Å². The zero-order valence-electron chi connectivity index (χ0n) is 13.8. The van der Waals surface area contributed by atoms with Gasteiger partial charge >= 0.3 is 5.69 Å². The van der Waals surface area contributed by atoms with Gasteiger partial charge in [0.15, 0.2) is 0 Å². The van der Waals surface area contributed by atoms with Crippen molar-refractivity contribution in [2.45, 2.75) is 0 Å². The predicted octanol–water partition coefficient (Wildman–Crippen LogP) is 0.0464. The number of benzene rings is 1. The van der Waals surface area contributed by atoms with Crippen molar-refractivity contribution in [3.05, 3.63) is 62.9 Å². The van der Waals surface area contributed by atoms with Crippen LogP contribution >= 0.6 is 0 Å². The maximum Gasteiger partial charge on any atom is 0.331 e. The molecule has 0 saturated carbocycles. The van der Waals surface area contributed by atoms with Crippen molar-refractivity contribution in [3.8, 4) is 0 Å². The molecule has 0 spiro atoms. The van der Waals surface area contributed by atoms with Gasteiger partial charge in [0.1, 0.15) is 5.69 Å². The van der Waals surface area contributed by atoms with Crippen LogP contribution < -0.4 is 16.1 Å². The number of carbonyl (C=O) groups excluding carboxylic acids is 1. The fourth-order valence-electron chi connectivity index (χ4n) is 2.91. The highest BCUT2D eigenvalue weighted by Crippen LogP contribution is 2.16. The van der Waals surface area contributed by atoms with Crippen LogP contribution in [0, 0.1) is 0 Å². The molecule has 2 aromatic rings. The van der Waals surface area contributed by atoms with E-state index in [0.29, 0.717) is 26.2 Å². The Balaban J connectivity index is 1.77. The first-order valence-corrected chi connectivity index (χ1v) is 7.85. The van der Waals surface area contributed by atoms with E-state index in [1.54, 1.807) is 4.90 Å². The second kappa shape index (κ2) is 6.35. The summed E-state index contributed by atoms with van der Waals surface area (Å²) in [6, 6.07) is 11.3. The molecule has 0 atom stereocenters. The van der Waals surface area contributed by atoms with Gasteiger partial charge in [-0.05, 0) is 12.1 Å². The topological polar surface area (TPSA) is 67.6 Å². The van der Waals surface area contributed by atoms with Crippen molar-refractivity contribution in [1.29, 1.82) is 0 Å². The molecule has 2 heterocycles. The summed E-state index contributed by atoms with van der Waals surface area (Å²) in [5, 5.41) is 0. The third-order valence-electron chi connectivity index (χ3n) is 4.43. The Kier molecular flexibility index (Phi) is 4.24. The van der Waals surface area contributed by atoms with Gasteiger partial charge in [0.05, 0.1) is 0 Å². The van der Waals surface area contributed by atoms with Crippen LogP contribution in [0.15, 0.2) is 46.0 Å². The quantitative estimate of drug-likeness (QED) is 0.781. The Morgan fingerprint density at radius 1 is 0.917 bits per heavy atom. The van der Waals surface area contributed by atoms with Crippen LogP contribution in [0.25, 0.3) is 0 Å². The second-order valence-electron chi connectivity index (χ2n) is 5.88. The standard InChI is InChI=1S/C17H20N4O3/c1-18-14(12-15(22)19(2)17(18)24)16(23)21-10-8-20(9-11-21)13-6-4-3-5-7-13/h3-7,12H,8-11H2,1-2H3. The van der Waals surface area contributed by atoms with Crippen molar-refractivity contribution in [2.75, 3.05) is 31.1 Å². The fourth-order valence-corrected chi connectivity index (χ4v) is 2.91. The van der Waals surface area contributed by atoms with Crippen LogP contribution in [-0.4, -0.2) is 46.1 Å². The molecule has 24 heavy (non-hydrogen) atoms. The highest BCUT2D eigenvalue weighted by atomic mass is 16.2. The fraction of sp³-hybridized carbons (Fsp3) is 0.353. The van der Waals surface area contributed by atoms with Crippen LogP contribution in [0.4, 0.5) is 5.69 Å². The molecular formula is C17H20N4O3. The zero-order valence-corrected chi connectivity index (χ0v) is 13.8. The van der Waals surface area contributed by atoms with Crippen LogP contribution in [0.1, 0.15) is 10.5 Å². The number of nitrogens with zero attached hydrogens (tertiary/aromatic N) is 4. The van der Waals surface area contributed by atoms with E-state index < -0.39 is 11.2 Å². The number of anilines is 1. The molecule has 1 saturated heterocycles. The lowest BCUT2D eigenvalue weighted by molar-refractivity contribution is 0.0734. The molecule has 1 aromatic carbocycles. The number of aromatic nitrogens is 2. The smallest absolute Gasteiger partial charge is 0.331 e. The van der Waals surface area contributed by atoms with E-state index in [1.165, 1.54) is 24.7 Å². The van der Waals surface area contributed by atoms with E-state index in [1.807, 2.05) is 30.3 Å². The molecule has 1 amide bonds. The number of amides is 1. The monoisotopic (exact) mass is 328 g/mol. The molecule has 7 heteroatoms. The first-order chi connectivity index (χ1) is 11.5. The summed E-state index contributed by atoms with van der Waals surface area (Å²) < 4.78 is 2.22. The van der Waals surface area contributed by atoms with E-state index in [-0.39, 0.29) is 11.6 Å². The minimum absolute atomic E-state index is 0.135. The predicted molar refractivity (Wildman–Crippen MR) is 91.5 cm³/mol. The van der Waals surface area contributed by atoms with E-state index in [9.17, 15) is 14.4 Å². The number of carbonyl (C=O) groups is 1. The minimum Gasteiger partial charge on any atom is -0.368 e. The van der Waals surface area contributed by atoms with Crippen molar-refractivity contribution < 1.29 is 4.79 Å². The lowest BCUT2D eigenvalue weighted by Gasteiger charge is -2.36. The average molecular weight is 328 g/mol. The molecule has 1 aromatic heterocycles. The number of hydrogen-bond donors (Lipinski definition) is 0. The maximum atomic E-state index is 12.7. The summed E-state index contributed by atoms with van der Waals surface area (Å²) in [7, 11) is 2.91. The van der Waals surface area contributed by atoms with Crippen LogP contribution in [0.5, 0.6) is 0 Å². The summed E-state index contributed by atoms with van der Waals surface area (Å²) >= 11 is 0. The maximum absolute atomic E-state index is 12.7. The average Bonchev–Trinajstić information content (AvgIpc) is 2.63. The van der Waals surface area contributed by atoms with Crippen LogP contribution in [-0.2, 0) is 14.1 Å². The molecule has 7 nitrogen and oxygen atoms in total. The molecule has 0 bridgehead atoms. The van der Waals surface area contributed by atoms with Gasteiger partial charge < -0.3 is 9.80 Å². The summed E-state index contributed by atoms with van der Waals surface area (Å²) in [5.41, 5.74) is 0.306. The Morgan fingerprint density at radius 2 is 1.54 bits per heavy atom. The van der Waals surface area contributed by atoms with Gasteiger partial charge in [-0.3, -0.25) is 18.7 Å². The molecule has 1 fully saturated rings. The number of rotatable bonds is 2. The van der Waals surface area contributed by atoms with Crippen LogP contribution in [0.3, 0.4) is 0 Å². The molecular weight excluding hydrogens is 308 g/mol. The van der Waals surface area contributed by atoms with Crippen molar-refractivity contribution in [1.82, 2.24) is 14.0 Å². The third kappa shape index (κ3) is 2.84. The second-order valence-corrected chi connectivity index (χ2v) is 5.88.